The highest BCUT2D eigenvalue weighted by Gasteiger charge is 2.53. The summed E-state index contributed by atoms with van der Waals surface area (Å²) in [7, 11) is 0. The molecule has 1 heterocycles. The molecule has 6 nitrogen and oxygen atoms in total. The van der Waals surface area contributed by atoms with Crippen molar-refractivity contribution in [3.63, 3.8) is 0 Å². The van der Waals surface area contributed by atoms with E-state index in [2.05, 4.69) is 10.4 Å². The Morgan fingerprint density at radius 2 is 2.05 bits per heavy atom. The van der Waals surface area contributed by atoms with Gasteiger partial charge in [0.2, 0.25) is 5.91 Å². The van der Waals surface area contributed by atoms with Crippen LogP contribution in [-0.2, 0) is 22.7 Å². The number of hydrogen-bond acceptors (Lipinski definition) is 3. The predicted molar refractivity (Wildman–Crippen MR) is 79.9 cm³/mol. The second-order valence-corrected chi connectivity index (χ2v) is 6.54. The number of aromatic nitrogens is 2. The molecule has 1 aromatic rings. The Labute approximate surface area is 129 Å². The van der Waals surface area contributed by atoms with Crippen molar-refractivity contribution in [3.05, 3.63) is 17.5 Å². The molecule has 0 spiro atoms. The van der Waals surface area contributed by atoms with E-state index >= 15 is 0 Å². The summed E-state index contributed by atoms with van der Waals surface area (Å²) in [6.45, 7) is 5.15. The first kappa shape index (κ1) is 15.1. The zero-order chi connectivity index (χ0) is 15.9. The topological polar surface area (TPSA) is 84.2 Å². The van der Waals surface area contributed by atoms with E-state index < -0.39 is 11.9 Å². The Morgan fingerprint density at radius 1 is 1.36 bits per heavy atom. The van der Waals surface area contributed by atoms with Crippen LogP contribution in [0.3, 0.4) is 0 Å². The van der Waals surface area contributed by atoms with Crippen molar-refractivity contribution in [1.82, 2.24) is 15.1 Å². The normalized spacial score (nSPS) is 29.7. The maximum Gasteiger partial charge on any atom is 0.307 e. The van der Waals surface area contributed by atoms with Crippen LogP contribution in [0.4, 0.5) is 0 Å². The molecular formula is C16H23N3O3. The molecule has 0 saturated heterocycles. The predicted octanol–water partition coefficient (Wildman–Crippen LogP) is 1.57. The molecule has 0 aromatic carbocycles. The second kappa shape index (κ2) is 5.74. The minimum Gasteiger partial charge on any atom is -0.481 e. The van der Waals surface area contributed by atoms with Crippen LogP contribution in [0.5, 0.6) is 0 Å². The quantitative estimate of drug-likeness (QED) is 0.865. The Kier molecular flexibility index (Phi) is 3.93. The summed E-state index contributed by atoms with van der Waals surface area (Å²) in [5.41, 5.74) is 1.90. The van der Waals surface area contributed by atoms with Gasteiger partial charge in [0.05, 0.1) is 17.5 Å². The van der Waals surface area contributed by atoms with Crippen LogP contribution in [-0.4, -0.2) is 26.8 Å². The molecule has 0 radical (unpaired) electrons. The van der Waals surface area contributed by atoms with Crippen molar-refractivity contribution < 1.29 is 14.7 Å². The SMILES string of the molecule is CCn1cc(CNC(=O)[C@@H]2[C@H]3CC[C@@H](C3)[C@@H]2C(=O)O)c(C)n1. The number of aryl methyl sites for hydroxylation is 2. The Bertz CT molecular complexity index is 595. The maximum atomic E-state index is 12.5. The summed E-state index contributed by atoms with van der Waals surface area (Å²) in [4.78, 5) is 24.0. The molecule has 2 N–H and O–H groups in total. The third-order valence-corrected chi connectivity index (χ3v) is 5.33. The molecule has 2 fully saturated rings. The molecule has 4 atom stereocenters. The van der Waals surface area contributed by atoms with Crippen LogP contribution in [0.1, 0.15) is 37.4 Å². The van der Waals surface area contributed by atoms with Crippen LogP contribution >= 0.6 is 0 Å². The summed E-state index contributed by atoms with van der Waals surface area (Å²) in [6.07, 6.45) is 4.76. The molecule has 2 bridgehead atoms. The molecular weight excluding hydrogens is 282 g/mol. The number of amides is 1. The van der Waals surface area contributed by atoms with Gasteiger partial charge < -0.3 is 10.4 Å². The van der Waals surface area contributed by atoms with Crippen molar-refractivity contribution in [1.29, 1.82) is 0 Å². The third kappa shape index (κ3) is 2.51. The molecule has 1 amide bonds. The molecule has 2 aliphatic carbocycles. The number of rotatable bonds is 5. The highest BCUT2D eigenvalue weighted by Crippen LogP contribution is 2.52. The number of hydrogen-bond donors (Lipinski definition) is 2. The lowest BCUT2D eigenvalue weighted by Crippen LogP contribution is -2.41. The van der Waals surface area contributed by atoms with Crippen molar-refractivity contribution in [2.75, 3.05) is 0 Å². The fourth-order valence-electron chi connectivity index (χ4n) is 4.22. The number of carboxylic acids is 1. The van der Waals surface area contributed by atoms with E-state index in [4.69, 9.17) is 0 Å². The average Bonchev–Trinajstić information content (AvgIpc) is 3.18. The second-order valence-electron chi connectivity index (χ2n) is 6.54. The summed E-state index contributed by atoms with van der Waals surface area (Å²) >= 11 is 0. The number of aliphatic carboxylic acids is 1. The van der Waals surface area contributed by atoms with Crippen LogP contribution in [0.2, 0.25) is 0 Å². The van der Waals surface area contributed by atoms with Crippen LogP contribution in [0.15, 0.2) is 6.20 Å². The standard InChI is InChI=1S/C16H23N3O3/c1-3-19-8-12(9(2)18-19)7-17-15(20)13-10-4-5-11(6-10)14(13)16(21)22/h8,10-11,13-14H,3-7H2,1-2H3,(H,17,20)(H,21,22)/t10-,11-,13+,14-/m0/s1. The van der Waals surface area contributed by atoms with Crippen molar-refractivity contribution in [2.24, 2.45) is 23.7 Å². The molecule has 2 saturated carbocycles. The Hall–Kier alpha value is -1.85. The molecule has 2 aliphatic rings. The Balaban J connectivity index is 1.66. The fraction of sp³-hybridized carbons (Fsp3) is 0.688. The minimum atomic E-state index is -0.817. The van der Waals surface area contributed by atoms with E-state index in [0.717, 1.165) is 37.1 Å². The number of nitrogens with one attached hydrogen (secondary N) is 1. The number of nitrogens with zero attached hydrogens (tertiary/aromatic N) is 2. The van der Waals surface area contributed by atoms with Crippen LogP contribution in [0, 0.1) is 30.6 Å². The van der Waals surface area contributed by atoms with E-state index in [1.807, 2.05) is 24.7 Å². The lowest BCUT2D eigenvalue weighted by atomic mass is 9.78. The van der Waals surface area contributed by atoms with Crippen molar-refractivity contribution >= 4 is 11.9 Å². The fourth-order valence-corrected chi connectivity index (χ4v) is 4.22. The first-order chi connectivity index (χ1) is 10.5. The van der Waals surface area contributed by atoms with E-state index in [1.165, 1.54) is 0 Å². The van der Waals surface area contributed by atoms with Gasteiger partial charge in [-0.05, 0) is 44.9 Å². The molecule has 1 aromatic heterocycles. The van der Waals surface area contributed by atoms with Crippen molar-refractivity contribution in [3.8, 4) is 0 Å². The minimum absolute atomic E-state index is 0.108. The summed E-state index contributed by atoms with van der Waals surface area (Å²) < 4.78 is 1.84. The smallest absolute Gasteiger partial charge is 0.307 e. The molecule has 22 heavy (non-hydrogen) atoms. The summed E-state index contributed by atoms with van der Waals surface area (Å²) in [5.74, 6) is -1.37. The van der Waals surface area contributed by atoms with Crippen molar-refractivity contribution in [2.45, 2.75) is 46.2 Å². The monoisotopic (exact) mass is 305 g/mol. The lowest BCUT2D eigenvalue weighted by molar-refractivity contribution is -0.149. The van der Waals surface area contributed by atoms with Gasteiger partial charge in [0.25, 0.3) is 0 Å². The number of fused-ring (bicyclic) bond motifs is 2. The highest BCUT2D eigenvalue weighted by atomic mass is 16.4. The van der Waals surface area contributed by atoms with Gasteiger partial charge in [0.15, 0.2) is 0 Å². The zero-order valence-electron chi connectivity index (χ0n) is 13.1. The maximum absolute atomic E-state index is 12.5. The Morgan fingerprint density at radius 3 is 2.64 bits per heavy atom. The average molecular weight is 305 g/mol. The van der Waals surface area contributed by atoms with Gasteiger partial charge in [-0.2, -0.15) is 5.10 Å². The van der Waals surface area contributed by atoms with Gasteiger partial charge in [-0.15, -0.1) is 0 Å². The van der Waals surface area contributed by atoms with Crippen LogP contribution < -0.4 is 5.32 Å². The van der Waals surface area contributed by atoms with Gasteiger partial charge >= 0.3 is 5.97 Å². The summed E-state index contributed by atoms with van der Waals surface area (Å²) in [6, 6.07) is 0. The van der Waals surface area contributed by atoms with Gasteiger partial charge in [0.1, 0.15) is 0 Å². The first-order valence-corrected chi connectivity index (χ1v) is 8.04. The molecule has 6 heteroatoms. The number of carbonyl (C=O) groups is 2. The largest absolute Gasteiger partial charge is 0.481 e. The first-order valence-electron chi connectivity index (χ1n) is 8.04. The third-order valence-electron chi connectivity index (χ3n) is 5.33. The highest BCUT2D eigenvalue weighted by molar-refractivity contribution is 5.86. The molecule has 0 aliphatic heterocycles. The van der Waals surface area contributed by atoms with E-state index in [0.29, 0.717) is 6.54 Å². The van der Waals surface area contributed by atoms with Crippen LogP contribution in [0.25, 0.3) is 0 Å². The lowest BCUT2D eigenvalue weighted by Gasteiger charge is -2.27. The van der Waals surface area contributed by atoms with Gasteiger partial charge in [-0.1, -0.05) is 0 Å². The zero-order valence-corrected chi connectivity index (χ0v) is 13.1. The molecule has 120 valence electrons. The van der Waals surface area contributed by atoms with E-state index in [1.54, 1.807) is 0 Å². The van der Waals surface area contributed by atoms with Gasteiger partial charge in [0, 0.05) is 24.8 Å². The number of carboxylic acid groups (broad SMARTS) is 1. The van der Waals surface area contributed by atoms with E-state index in [9.17, 15) is 14.7 Å². The number of carbonyl (C=O) groups excluding carboxylic acids is 1. The summed E-state index contributed by atoms with van der Waals surface area (Å²) in [5, 5.41) is 16.7. The van der Waals surface area contributed by atoms with Gasteiger partial charge in [-0.25, -0.2) is 0 Å². The molecule has 3 rings (SSSR count). The van der Waals surface area contributed by atoms with Gasteiger partial charge in [-0.3, -0.25) is 14.3 Å². The molecule has 0 unspecified atom stereocenters. The van der Waals surface area contributed by atoms with E-state index in [-0.39, 0.29) is 23.7 Å².